The maximum absolute atomic E-state index is 12.7. The number of aryl methyl sites for hydroxylation is 2. The molecular weight excluding hydrogens is 254 g/mol. The lowest BCUT2D eigenvalue weighted by Crippen LogP contribution is -2.34. The quantitative estimate of drug-likeness (QED) is 0.918. The number of carbonyl (C=O) groups is 1. The molecule has 112 valence electrons. The molecule has 1 atom stereocenters. The first-order valence-corrected chi connectivity index (χ1v) is 7.55. The summed E-state index contributed by atoms with van der Waals surface area (Å²) in [6, 6.07) is 1.90. The van der Waals surface area contributed by atoms with Gasteiger partial charge < -0.3 is 10.0 Å². The van der Waals surface area contributed by atoms with Crippen LogP contribution in [0.2, 0.25) is 0 Å². The molecule has 20 heavy (non-hydrogen) atoms. The molecule has 1 aliphatic heterocycles. The lowest BCUT2D eigenvalue weighted by Gasteiger charge is -2.22. The molecule has 0 spiro atoms. The zero-order chi connectivity index (χ0) is 14.8. The van der Waals surface area contributed by atoms with E-state index in [0.717, 1.165) is 25.0 Å². The third-order valence-corrected chi connectivity index (χ3v) is 4.06. The molecule has 2 heterocycles. The molecular formula is C15H25N3O2. The van der Waals surface area contributed by atoms with E-state index in [1.807, 2.05) is 31.7 Å². The van der Waals surface area contributed by atoms with Gasteiger partial charge in [-0.15, -0.1) is 0 Å². The molecule has 5 nitrogen and oxygen atoms in total. The van der Waals surface area contributed by atoms with Crippen molar-refractivity contribution in [3.63, 3.8) is 0 Å². The number of aromatic nitrogens is 2. The topological polar surface area (TPSA) is 58.4 Å². The minimum Gasteiger partial charge on any atom is -0.390 e. The Hall–Kier alpha value is -1.36. The number of hydrogen-bond acceptors (Lipinski definition) is 3. The summed E-state index contributed by atoms with van der Waals surface area (Å²) in [5.74, 6) is 0.0387. The smallest absolute Gasteiger partial charge is 0.272 e. The molecule has 1 aliphatic rings. The number of nitrogens with zero attached hydrogens (tertiary/aromatic N) is 3. The van der Waals surface area contributed by atoms with Crippen molar-refractivity contribution in [1.29, 1.82) is 0 Å². The summed E-state index contributed by atoms with van der Waals surface area (Å²) in [6.07, 6.45) is 3.07. The van der Waals surface area contributed by atoms with Gasteiger partial charge in [0.2, 0.25) is 0 Å². The second-order valence-electron chi connectivity index (χ2n) is 5.83. The zero-order valence-electron chi connectivity index (χ0n) is 12.7. The molecule has 0 radical (unpaired) electrons. The van der Waals surface area contributed by atoms with Crippen LogP contribution in [-0.4, -0.2) is 44.4 Å². The van der Waals surface area contributed by atoms with Crippen LogP contribution in [0, 0.1) is 0 Å². The summed E-state index contributed by atoms with van der Waals surface area (Å²) in [6.45, 7) is 7.92. The fraction of sp³-hybridized carbons (Fsp3) is 0.733. The van der Waals surface area contributed by atoms with E-state index in [2.05, 4.69) is 5.10 Å². The van der Waals surface area contributed by atoms with Crippen molar-refractivity contribution in [2.75, 3.05) is 13.1 Å². The number of amides is 1. The molecule has 1 unspecified atom stereocenters. The monoisotopic (exact) mass is 279 g/mol. The first-order valence-electron chi connectivity index (χ1n) is 7.55. The van der Waals surface area contributed by atoms with Gasteiger partial charge in [-0.25, -0.2) is 0 Å². The van der Waals surface area contributed by atoms with Gasteiger partial charge in [0.15, 0.2) is 0 Å². The lowest BCUT2D eigenvalue weighted by molar-refractivity contribution is 0.0436. The molecule has 2 rings (SSSR count). The summed E-state index contributed by atoms with van der Waals surface area (Å²) in [4.78, 5) is 14.5. The van der Waals surface area contributed by atoms with E-state index < -0.39 is 5.60 Å². The van der Waals surface area contributed by atoms with Crippen LogP contribution in [0.5, 0.6) is 0 Å². The van der Waals surface area contributed by atoms with Crippen molar-refractivity contribution in [1.82, 2.24) is 14.7 Å². The van der Waals surface area contributed by atoms with E-state index in [4.69, 9.17) is 0 Å². The largest absolute Gasteiger partial charge is 0.390 e. The predicted octanol–water partition coefficient (Wildman–Crippen LogP) is 1.84. The number of likely N-dealkylation sites (tertiary alicyclic amines) is 1. The van der Waals surface area contributed by atoms with Gasteiger partial charge in [-0.05, 0) is 45.6 Å². The van der Waals surface area contributed by atoms with Crippen LogP contribution in [0.1, 0.15) is 56.2 Å². The third-order valence-electron chi connectivity index (χ3n) is 4.06. The first-order chi connectivity index (χ1) is 9.46. The standard InChI is InChI=1S/C15H25N3O2/c1-4-12-11-13(18(5-2)16-12)14(19)17-9-6-7-15(3,20)8-10-17/h11,20H,4-10H2,1-3H3. The van der Waals surface area contributed by atoms with Crippen molar-refractivity contribution in [2.24, 2.45) is 0 Å². The number of carbonyl (C=O) groups excluding carboxylic acids is 1. The summed E-state index contributed by atoms with van der Waals surface area (Å²) in [5, 5.41) is 14.5. The van der Waals surface area contributed by atoms with E-state index in [1.54, 1.807) is 4.68 Å². The highest BCUT2D eigenvalue weighted by Gasteiger charge is 2.28. The summed E-state index contributed by atoms with van der Waals surface area (Å²) in [5.41, 5.74) is 0.983. The van der Waals surface area contributed by atoms with Crippen LogP contribution in [0.4, 0.5) is 0 Å². The summed E-state index contributed by atoms with van der Waals surface area (Å²) in [7, 11) is 0. The fourth-order valence-electron chi connectivity index (χ4n) is 2.68. The second-order valence-corrected chi connectivity index (χ2v) is 5.83. The highest BCUT2D eigenvalue weighted by Crippen LogP contribution is 2.22. The van der Waals surface area contributed by atoms with Gasteiger partial charge in [0.25, 0.3) is 5.91 Å². The molecule has 1 N–H and O–H groups in total. The molecule has 1 fully saturated rings. The van der Waals surface area contributed by atoms with Gasteiger partial charge in [0.1, 0.15) is 5.69 Å². The highest BCUT2D eigenvalue weighted by atomic mass is 16.3. The van der Waals surface area contributed by atoms with Gasteiger partial charge in [-0.3, -0.25) is 9.48 Å². The van der Waals surface area contributed by atoms with Crippen molar-refractivity contribution in [2.45, 2.75) is 58.6 Å². The second kappa shape index (κ2) is 5.95. The first kappa shape index (κ1) is 15.0. The van der Waals surface area contributed by atoms with Crippen LogP contribution >= 0.6 is 0 Å². The SMILES string of the molecule is CCc1cc(C(=O)N2CCCC(C)(O)CC2)n(CC)n1. The minimum atomic E-state index is -0.644. The van der Waals surface area contributed by atoms with Gasteiger partial charge in [-0.2, -0.15) is 5.10 Å². The zero-order valence-corrected chi connectivity index (χ0v) is 12.7. The van der Waals surface area contributed by atoms with Gasteiger partial charge in [0, 0.05) is 19.6 Å². The Morgan fingerprint density at radius 3 is 2.80 bits per heavy atom. The lowest BCUT2D eigenvalue weighted by atomic mass is 9.98. The fourth-order valence-corrected chi connectivity index (χ4v) is 2.68. The van der Waals surface area contributed by atoms with E-state index in [0.29, 0.717) is 31.7 Å². The van der Waals surface area contributed by atoms with Gasteiger partial charge in [0.05, 0.1) is 11.3 Å². The maximum Gasteiger partial charge on any atom is 0.272 e. The molecule has 0 aromatic carbocycles. The molecule has 5 heteroatoms. The number of hydrogen-bond donors (Lipinski definition) is 1. The third kappa shape index (κ3) is 3.20. The van der Waals surface area contributed by atoms with E-state index in [9.17, 15) is 9.90 Å². The van der Waals surface area contributed by atoms with Crippen LogP contribution < -0.4 is 0 Å². The van der Waals surface area contributed by atoms with Crippen molar-refractivity contribution in [3.8, 4) is 0 Å². The molecule has 0 aliphatic carbocycles. The molecule has 1 aromatic heterocycles. The maximum atomic E-state index is 12.7. The molecule has 1 amide bonds. The molecule has 1 aromatic rings. The highest BCUT2D eigenvalue weighted by molar-refractivity contribution is 5.92. The number of aliphatic hydroxyl groups is 1. The minimum absolute atomic E-state index is 0.0387. The summed E-state index contributed by atoms with van der Waals surface area (Å²) >= 11 is 0. The van der Waals surface area contributed by atoms with Gasteiger partial charge >= 0.3 is 0 Å². The number of rotatable bonds is 3. The average Bonchev–Trinajstić information content (AvgIpc) is 2.76. The van der Waals surface area contributed by atoms with E-state index in [1.165, 1.54) is 0 Å². The van der Waals surface area contributed by atoms with E-state index >= 15 is 0 Å². The Labute approximate surface area is 120 Å². The molecule has 1 saturated heterocycles. The Balaban J connectivity index is 2.16. The normalized spacial score (nSPS) is 23.7. The Morgan fingerprint density at radius 2 is 2.15 bits per heavy atom. The summed E-state index contributed by atoms with van der Waals surface area (Å²) < 4.78 is 1.78. The van der Waals surface area contributed by atoms with Crippen LogP contribution in [0.25, 0.3) is 0 Å². The molecule has 0 bridgehead atoms. The van der Waals surface area contributed by atoms with Crippen molar-refractivity contribution in [3.05, 3.63) is 17.5 Å². The van der Waals surface area contributed by atoms with Crippen molar-refractivity contribution < 1.29 is 9.90 Å². The Morgan fingerprint density at radius 1 is 1.40 bits per heavy atom. The molecule has 0 saturated carbocycles. The Kier molecular flexibility index (Phi) is 4.48. The van der Waals surface area contributed by atoms with Crippen molar-refractivity contribution >= 4 is 5.91 Å². The van der Waals surface area contributed by atoms with Crippen LogP contribution in [0.3, 0.4) is 0 Å². The van der Waals surface area contributed by atoms with Crippen LogP contribution in [0.15, 0.2) is 6.07 Å². The average molecular weight is 279 g/mol. The predicted molar refractivity (Wildman–Crippen MR) is 77.7 cm³/mol. The van der Waals surface area contributed by atoms with Gasteiger partial charge in [-0.1, -0.05) is 6.92 Å². The Bertz CT molecular complexity index is 479. The van der Waals surface area contributed by atoms with E-state index in [-0.39, 0.29) is 5.91 Å². The van der Waals surface area contributed by atoms with Crippen LogP contribution in [-0.2, 0) is 13.0 Å².